The molecule has 0 spiro atoms. The lowest BCUT2D eigenvalue weighted by Gasteiger charge is -2.31. The molecule has 3 heteroatoms. The topological polar surface area (TPSA) is 52.9 Å². The molecule has 0 aromatic heterocycles. The van der Waals surface area contributed by atoms with Crippen molar-refractivity contribution in [2.24, 2.45) is 11.3 Å². The lowest BCUT2D eigenvalue weighted by molar-refractivity contribution is -0.124. The number of rotatable bonds is 2. The first kappa shape index (κ1) is 11.4. The van der Waals surface area contributed by atoms with Crippen molar-refractivity contribution in [1.29, 1.82) is 5.26 Å². The van der Waals surface area contributed by atoms with Crippen molar-refractivity contribution in [2.45, 2.75) is 57.9 Å². The van der Waals surface area contributed by atoms with E-state index < -0.39 is 5.54 Å². The van der Waals surface area contributed by atoms with E-state index in [2.05, 4.69) is 25.2 Å². The molecule has 2 fully saturated rings. The Kier molecular flexibility index (Phi) is 2.69. The lowest BCUT2D eigenvalue weighted by atomic mass is 9.82. The van der Waals surface area contributed by atoms with Gasteiger partial charge in [-0.3, -0.25) is 4.79 Å². The predicted octanol–water partition coefficient (Wildman–Crippen LogP) is 2.38. The molecule has 0 saturated heterocycles. The minimum absolute atomic E-state index is 0.0912. The van der Waals surface area contributed by atoms with E-state index in [9.17, 15) is 10.1 Å². The molecular weight excluding hydrogens is 200 g/mol. The summed E-state index contributed by atoms with van der Waals surface area (Å²) in [6.07, 6.45) is 5.91. The molecule has 2 rings (SSSR count). The fourth-order valence-corrected chi connectivity index (χ4v) is 2.66. The van der Waals surface area contributed by atoms with Crippen LogP contribution >= 0.6 is 0 Å². The fraction of sp³-hybridized carbons (Fsp3) is 0.846. The van der Waals surface area contributed by atoms with E-state index in [1.54, 1.807) is 0 Å². The van der Waals surface area contributed by atoms with Gasteiger partial charge in [-0.1, -0.05) is 33.1 Å². The smallest absolute Gasteiger partial charge is 0.224 e. The number of nitriles is 1. The summed E-state index contributed by atoms with van der Waals surface area (Å²) in [4.78, 5) is 12.0. The van der Waals surface area contributed by atoms with Crippen LogP contribution in [-0.4, -0.2) is 11.4 Å². The quantitative estimate of drug-likeness (QED) is 0.776. The highest BCUT2D eigenvalue weighted by molar-refractivity contribution is 5.83. The summed E-state index contributed by atoms with van der Waals surface area (Å²) < 4.78 is 0. The van der Waals surface area contributed by atoms with E-state index in [-0.39, 0.29) is 17.2 Å². The zero-order chi connectivity index (χ0) is 11.8. The number of carbonyl (C=O) groups is 1. The summed E-state index contributed by atoms with van der Waals surface area (Å²) in [5.41, 5.74) is -0.413. The van der Waals surface area contributed by atoms with Crippen LogP contribution in [0.5, 0.6) is 0 Å². The highest BCUT2D eigenvalue weighted by Gasteiger charge is 2.52. The van der Waals surface area contributed by atoms with Gasteiger partial charge in [-0.2, -0.15) is 5.26 Å². The Balaban J connectivity index is 1.97. The second kappa shape index (κ2) is 3.76. The van der Waals surface area contributed by atoms with Crippen molar-refractivity contribution < 1.29 is 4.79 Å². The fourth-order valence-electron chi connectivity index (χ4n) is 2.66. The van der Waals surface area contributed by atoms with Crippen LogP contribution in [0.4, 0.5) is 0 Å². The first-order valence-corrected chi connectivity index (χ1v) is 6.22. The highest BCUT2D eigenvalue weighted by Crippen LogP contribution is 2.52. The largest absolute Gasteiger partial charge is 0.338 e. The van der Waals surface area contributed by atoms with Gasteiger partial charge in [0, 0.05) is 5.92 Å². The minimum atomic E-state index is -0.562. The van der Waals surface area contributed by atoms with E-state index in [1.807, 2.05) is 0 Å². The van der Waals surface area contributed by atoms with Crippen molar-refractivity contribution in [3.05, 3.63) is 0 Å². The van der Waals surface area contributed by atoms with Crippen LogP contribution < -0.4 is 5.32 Å². The molecule has 0 radical (unpaired) electrons. The number of hydrogen-bond acceptors (Lipinski definition) is 2. The molecule has 2 aliphatic carbocycles. The normalized spacial score (nSPS) is 30.2. The molecule has 1 amide bonds. The van der Waals surface area contributed by atoms with E-state index in [4.69, 9.17) is 0 Å². The van der Waals surface area contributed by atoms with Crippen molar-refractivity contribution >= 4 is 5.91 Å². The number of nitrogens with one attached hydrogen (secondary N) is 1. The molecule has 1 atom stereocenters. The van der Waals surface area contributed by atoms with Gasteiger partial charge in [0.25, 0.3) is 0 Å². The van der Waals surface area contributed by atoms with Gasteiger partial charge in [0.1, 0.15) is 5.54 Å². The third-order valence-electron chi connectivity index (χ3n) is 4.11. The van der Waals surface area contributed by atoms with Crippen LogP contribution in [0.15, 0.2) is 0 Å². The third-order valence-corrected chi connectivity index (χ3v) is 4.11. The Morgan fingerprint density at radius 1 is 1.31 bits per heavy atom. The maximum Gasteiger partial charge on any atom is 0.224 e. The molecule has 2 aliphatic rings. The van der Waals surface area contributed by atoms with Crippen LogP contribution in [0.1, 0.15) is 52.4 Å². The molecule has 2 saturated carbocycles. The van der Waals surface area contributed by atoms with Gasteiger partial charge < -0.3 is 5.32 Å². The molecule has 0 aromatic carbocycles. The summed E-state index contributed by atoms with van der Waals surface area (Å²) in [7, 11) is 0. The second-order valence-corrected chi connectivity index (χ2v) is 5.99. The maximum atomic E-state index is 12.0. The van der Waals surface area contributed by atoms with Crippen molar-refractivity contribution in [1.82, 2.24) is 5.32 Å². The van der Waals surface area contributed by atoms with Crippen LogP contribution in [0.3, 0.4) is 0 Å². The summed E-state index contributed by atoms with van der Waals surface area (Å²) in [5, 5.41) is 12.3. The molecule has 0 heterocycles. The van der Waals surface area contributed by atoms with Gasteiger partial charge in [-0.15, -0.1) is 0 Å². The average Bonchev–Trinajstić information content (AvgIpc) is 2.89. The Labute approximate surface area is 97.2 Å². The Morgan fingerprint density at radius 2 is 1.88 bits per heavy atom. The van der Waals surface area contributed by atoms with E-state index in [1.165, 1.54) is 6.42 Å². The molecule has 3 nitrogen and oxygen atoms in total. The van der Waals surface area contributed by atoms with Gasteiger partial charge in [-0.25, -0.2) is 0 Å². The average molecular weight is 220 g/mol. The second-order valence-electron chi connectivity index (χ2n) is 5.99. The zero-order valence-corrected chi connectivity index (χ0v) is 10.2. The number of carbonyl (C=O) groups excluding carboxylic acids is 1. The summed E-state index contributed by atoms with van der Waals surface area (Å²) in [5.74, 6) is 0.216. The highest BCUT2D eigenvalue weighted by atomic mass is 16.2. The Hall–Kier alpha value is -1.04. The Bertz CT molecular complexity index is 334. The summed E-state index contributed by atoms with van der Waals surface area (Å²) >= 11 is 0. The van der Waals surface area contributed by atoms with E-state index in [0.717, 1.165) is 32.1 Å². The monoisotopic (exact) mass is 220 g/mol. The minimum Gasteiger partial charge on any atom is -0.338 e. The molecule has 88 valence electrons. The number of amides is 1. The Morgan fingerprint density at radius 3 is 2.31 bits per heavy atom. The molecule has 1 N–H and O–H groups in total. The molecular formula is C13H20N2O. The number of nitrogens with zero attached hydrogens (tertiary/aromatic N) is 1. The van der Waals surface area contributed by atoms with E-state index >= 15 is 0 Å². The van der Waals surface area contributed by atoms with Gasteiger partial charge >= 0.3 is 0 Å². The van der Waals surface area contributed by atoms with E-state index in [0.29, 0.717) is 0 Å². The molecule has 0 aliphatic heterocycles. The van der Waals surface area contributed by atoms with Crippen molar-refractivity contribution in [3.63, 3.8) is 0 Å². The van der Waals surface area contributed by atoms with Gasteiger partial charge in [0.05, 0.1) is 6.07 Å². The summed E-state index contributed by atoms with van der Waals surface area (Å²) in [6, 6.07) is 2.33. The van der Waals surface area contributed by atoms with Gasteiger partial charge in [0.15, 0.2) is 0 Å². The SMILES string of the molecule is CC1(C)CC1C(=O)NC1(C#N)CCCCC1. The molecule has 1 unspecified atom stereocenters. The first-order valence-electron chi connectivity index (χ1n) is 6.22. The first-order chi connectivity index (χ1) is 7.49. The molecule has 0 aromatic rings. The standard InChI is InChI=1S/C13H20N2O/c1-12(2)8-10(12)11(16)15-13(9-14)6-4-3-5-7-13/h10H,3-8H2,1-2H3,(H,15,16). The van der Waals surface area contributed by atoms with Crippen molar-refractivity contribution in [3.8, 4) is 6.07 Å². The van der Waals surface area contributed by atoms with Crippen LogP contribution in [-0.2, 0) is 4.79 Å². The van der Waals surface area contributed by atoms with Gasteiger partial charge in [0.2, 0.25) is 5.91 Å². The number of hydrogen-bond donors (Lipinski definition) is 1. The van der Waals surface area contributed by atoms with Gasteiger partial charge in [-0.05, 0) is 24.7 Å². The molecule has 16 heavy (non-hydrogen) atoms. The summed E-state index contributed by atoms with van der Waals surface area (Å²) in [6.45, 7) is 4.22. The molecule has 0 bridgehead atoms. The van der Waals surface area contributed by atoms with Crippen LogP contribution in [0.2, 0.25) is 0 Å². The van der Waals surface area contributed by atoms with Crippen LogP contribution in [0.25, 0.3) is 0 Å². The third kappa shape index (κ3) is 2.07. The lowest BCUT2D eigenvalue weighted by Crippen LogP contribution is -2.49. The van der Waals surface area contributed by atoms with Crippen molar-refractivity contribution in [2.75, 3.05) is 0 Å². The van der Waals surface area contributed by atoms with Crippen LogP contribution in [0, 0.1) is 22.7 Å². The maximum absolute atomic E-state index is 12.0. The predicted molar refractivity (Wildman–Crippen MR) is 61.5 cm³/mol. The zero-order valence-electron chi connectivity index (χ0n) is 10.2.